The summed E-state index contributed by atoms with van der Waals surface area (Å²) in [6, 6.07) is 39.6. The van der Waals surface area contributed by atoms with Gasteiger partial charge in [-0.05, 0) is 111 Å². The summed E-state index contributed by atoms with van der Waals surface area (Å²) in [5, 5.41) is 7.40. The van der Waals surface area contributed by atoms with Crippen LogP contribution in [0.2, 0.25) is 0 Å². The maximum atomic E-state index is 17.2. The van der Waals surface area contributed by atoms with Crippen LogP contribution in [0.1, 0.15) is 97.1 Å². The van der Waals surface area contributed by atoms with E-state index in [1.54, 1.807) is 0 Å². The first-order valence-corrected chi connectivity index (χ1v) is 22.6. The van der Waals surface area contributed by atoms with Gasteiger partial charge < -0.3 is 10.6 Å². The average molecular weight is 797 g/mol. The normalized spacial score (nSPS) is 26.8. The van der Waals surface area contributed by atoms with Crippen molar-refractivity contribution in [1.29, 1.82) is 0 Å². The van der Waals surface area contributed by atoms with Gasteiger partial charge in [-0.15, -0.1) is 0 Å². The zero-order valence-electron chi connectivity index (χ0n) is 35.4. The second-order valence-corrected chi connectivity index (χ2v) is 17.6. The molecule has 0 aromatic heterocycles. The quantitative estimate of drug-likeness (QED) is 0.124. The molecule has 8 rings (SSSR count). The third-order valence-corrected chi connectivity index (χ3v) is 13.9. The lowest BCUT2D eigenvalue weighted by molar-refractivity contribution is -0.141. The summed E-state index contributed by atoms with van der Waals surface area (Å²) >= 11 is 0. The second kappa shape index (κ2) is 18.6. The Hall–Kier alpha value is -5.23. The minimum absolute atomic E-state index is 0.0674. The molecule has 2 aliphatic carbocycles. The fourth-order valence-electron chi connectivity index (χ4n) is 11.2. The standard InChI is InChI=1S/C55H60N2O3/c1-3-29-54(35-47(51(58)41-23-13-7-14-24-41)45(39-19-9-5-10-20-39)33-49(54)43-27-17-31-56-37-43)53(60)55(30-4-2)36-48(52(59)42-25-15-8-16-26-42)46(40-21-11-6-12-22-40)34-50(55)44-28-18-32-57-38-44/h5-16,19-26,33-36,43-44,49-50,56-57H,3-4,17-18,27-32,37-38H2,1-2H3. The van der Waals surface area contributed by atoms with E-state index in [0.29, 0.717) is 35.1 Å². The lowest BCUT2D eigenvalue weighted by Crippen LogP contribution is -2.55. The Morgan fingerprint density at radius 1 is 0.533 bits per heavy atom. The van der Waals surface area contributed by atoms with Crippen molar-refractivity contribution >= 4 is 28.5 Å². The Bertz CT molecular complexity index is 2100. The lowest BCUT2D eigenvalue weighted by atomic mass is 9.49. The third kappa shape index (κ3) is 8.02. The van der Waals surface area contributed by atoms with E-state index in [1.807, 2.05) is 97.1 Å². The minimum Gasteiger partial charge on any atom is -0.316 e. The maximum Gasteiger partial charge on any atom is 0.193 e. The van der Waals surface area contributed by atoms with Crippen LogP contribution in [0.3, 0.4) is 0 Å². The summed E-state index contributed by atoms with van der Waals surface area (Å²) in [5.74, 6) is 0.0530. The number of carbonyl (C=O) groups is 3. The number of Topliss-reactive ketones (excluding diaryl/α,β-unsaturated/α-hetero) is 3. The fourth-order valence-corrected chi connectivity index (χ4v) is 11.2. The third-order valence-electron chi connectivity index (χ3n) is 13.9. The Morgan fingerprint density at radius 2 is 0.900 bits per heavy atom. The molecule has 308 valence electrons. The highest BCUT2D eigenvalue weighted by Gasteiger charge is 2.58. The van der Waals surface area contributed by atoms with Crippen LogP contribution in [0.15, 0.2) is 157 Å². The number of ketones is 3. The lowest BCUT2D eigenvalue weighted by Gasteiger charge is -2.52. The highest BCUT2D eigenvalue weighted by molar-refractivity contribution is 6.21. The zero-order chi connectivity index (χ0) is 41.5. The van der Waals surface area contributed by atoms with Crippen molar-refractivity contribution in [2.45, 2.75) is 65.2 Å². The molecule has 5 nitrogen and oxygen atoms in total. The monoisotopic (exact) mass is 796 g/mol. The Balaban J connectivity index is 1.41. The van der Waals surface area contributed by atoms with Gasteiger partial charge in [-0.25, -0.2) is 0 Å². The van der Waals surface area contributed by atoms with Gasteiger partial charge in [-0.1, -0.05) is 172 Å². The average Bonchev–Trinajstić information content (AvgIpc) is 3.32. The molecular formula is C55H60N2O3. The molecule has 4 aromatic rings. The van der Waals surface area contributed by atoms with Crippen molar-refractivity contribution in [3.8, 4) is 0 Å². The Kier molecular flexibility index (Phi) is 12.9. The number of nitrogens with one attached hydrogen (secondary N) is 2. The predicted molar refractivity (Wildman–Crippen MR) is 244 cm³/mol. The highest BCUT2D eigenvalue weighted by atomic mass is 16.1. The molecule has 60 heavy (non-hydrogen) atoms. The number of benzene rings is 4. The van der Waals surface area contributed by atoms with E-state index in [4.69, 9.17) is 0 Å². The van der Waals surface area contributed by atoms with Crippen LogP contribution >= 0.6 is 0 Å². The molecule has 0 spiro atoms. The number of rotatable bonds is 14. The summed E-state index contributed by atoms with van der Waals surface area (Å²) in [7, 11) is 0. The van der Waals surface area contributed by atoms with E-state index in [2.05, 4.69) is 73.1 Å². The zero-order valence-corrected chi connectivity index (χ0v) is 35.4. The second-order valence-electron chi connectivity index (χ2n) is 17.6. The molecule has 4 aromatic carbocycles. The van der Waals surface area contributed by atoms with Crippen LogP contribution in [-0.4, -0.2) is 43.5 Å². The molecular weight excluding hydrogens is 737 g/mol. The van der Waals surface area contributed by atoms with Crippen molar-refractivity contribution in [2.75, 3.05) is 26.2 Å². The maximum absolute atomic E-state index is 17.2. The van der Waals surface area contributed by atoms with Crippen LogP contribution in [0.5, 0.6) is 0 Å². The van der Waals surface area contributed by atoms with Crippen molar-refractivity contribution in [3.63, 3.8) is 0 Å². The molecule has 4 aliphatic rings. The van der Waals surface area contributed by atoms with Crippen molar-refractivity contribution in [2.24, 2.45) is 34.5 Å². The van der Waals surface area contributed by atoms with Crippen LogP contribution < -0.4 is 10.6 Å². The van der Waals surface area contributed by atoms with Crippen LogP contribution in [0, 0.1) is 34.5 Å². The summed E-state index contributed by atoms with van der Waals surface area (Å²) in [6.07, 6.45) is 15.8. The first kappa shape index (κ1) is 41.5. The molecule has 0 radical (unpaired) electrons. The van der Waals surface area contributed by atoms with E-state index in [-0.39, 0.29) is 41.0 Å². The topological polar surface area (TPSA) is 75.3 Å². The first-order valence-electron chi connectivity index (χ1n) is 22.6. The van der Waals surface area contributed by atoms with Gasteiger partial charge in [0.1, 0.15) is 0 Å². The van der Waals surface area contributed by atoms with Gasteiger partial charge in [0.25, 0.3) is 0 Å². The first-order chi connectivity index (χ1) is 29.4. The predicted octanol–water partition coefficient (Wildman–Crippen LogP) is 11.2. The van der Waals surface area contributed by atoms with E-state index in [9.17, 15) is 0 Å². The highest BCUT2D eigenvalue weighted by Crippen LogP contribution is 2.58. The van der Waals surface area contributed by atoms with Gasteiger partial charge >= 0.3 is 0 Å². The molecule has 2 N–H and O–H groups in total. The van der Waals surface area contributed by atoms with Crippen LogP contribution in [0.25, 0.3) is 11.1 Å². The Morgan fingerprint density at radius 3 is 1.23 bits per heavy atom. The van der Waals surface area contributed by atoms with E-state index in [1.165, 1.54) is 0 Å². The SMILES string of the molecule is CCCC1(C(=O)C2(CCC)C=C(C(=O)c3ccccc3)C(c3ccccc3)=CC2C2CCCNC2)C=C(C(=O)c2ccccc2)C(c2ccccc2)=CC1C1CCCNC1. The molecule has 6 unspecified atom stereocenters. The van der Waals surface area contributed by atoms with Gasteiger partial charge in [-0.3, -0.25) is 14.4 Å². The van der Waals surface area contributed by atoms with Gasteiger partial charge in [-0.2, -0.15) is 0 Å². The Labute approximate surface area is 357 Å². The number of allylic oxidation sites excluding steroid dienone is 8. The number of carbonyl (C=O) groups excluding carboxylic acids is 3. The largest absolute Gasteiger partial charge is 0.316 e. The molecule has 5 heteroatoms. The van der Waals surface area contributed by atoms with Gasteiger partial charge in [0.2, 0.25) is 0 Å². The number of hydrogen-bond donors (Lipinski definition) is 2. The van der Waals surface area contributed by atoms with Crippen molar-refractivity contribution in [1.82, 2.24) is 10.6 Å². The van der Waals surface area contributed by atoms with E-state index < -0.39 is 10.8 Å². The summed E-state index contributed by atoms with van der Waals surface area (Å²) < 4.78 is 0. The summed E-state index contributed by atoms with van der Waals surface area (Å²) in [4.78, 5) is 47.3. The summed E-state index contributed by atoms with van der Waals surface area (Å²) in [5.41, 5.74) is 4.16. The van der Waals surface area contributed by atoms with Crippen LogP contribution in [-0.2, 0) is 4.79 Å². The molecule has 2 aliphatic heterocycles. The molecule has 2 saturated heterocycles. The fraction of sp³-hybridized carbons (Fsp3) is 0.364. The van der Waals surface area contributed by atoms with Gasteiger partial charge in [0, 0.05) is 22.3 Å². The van der Waals surface area contributed by atoms with E-state index in [0.717, 1.165) is 87.0 Å². The van der Waals surface area contributed by atoms with Gasteiger partial charge in [0.15, 0.2) is 17.3 Å². The number of hydrogen-bond acceptors (Lipinski definition) is 5. The molecule has 0 bridgehead atoms. The van der Waals surface area contributed by atoms with Crippen LogP contribution in [0.4, 0.5) is 0 Å². The van der Waals surface area contributed by atoms with Crippen molar-refractivity contribution < 1.29 is 14.4 Å². The summed E-state index contributed by atoms with van der Waals surface area (Å²) in [6.45, 7) is 7.88. The molecule has 2 heterocycles. The van der Waals surface area contributed by atoms with E-state index >= 15 is 14.4 Å². The van der Waals surface area contributed by atoms with Crippen molar-refractivity contribution in [3.05, 3.63) is 179 Å². The molecule has 0 saturated carbocycles. The minimum atomic E-state index is -1.01. The molecule has 2 fully saturated rings. The molecule has 0 amide bonds. The molecule has 6 atom stereocenters. The number of piperidine rings is 2. The van der Waals surface area contributed by atoms with Gasteiger partial charge in [0.05, 0.1) is 10.8 Å². The smallest absolute Gasteiger partial charge is 0.193 e.